The number of esters is 1. The Morgan fingerprint density at radius 3 is 2.47 bits per heavy atom. The molecule has 5 heteroatoms. The molecule has 1 amide bonds. The van der Waals surface area contributed by atoms with Gasteiger partial charge in [0.05, 0.1) is 12.6 Å². The summed E-state index contributed by atoms with van der Waals surface area (Å²) in [5, 5.41) is 2.44. The Hall–Kier alpha value is -1.10. The lowest BCUT2D eigenvalue weighted by molar-refractivity contribution is -0.143. The van der Waals surface area contributed by atoms with Crippen LogP contribution in [0.2, 0.25) is 0 Å². The van der Waals surface area contributed by atoms with Crippen molar-refractivity contribution in [3.63, 3.8) is 0 Å². The van der Waals surface area contributed by atoms with Crippen LogP contribution in [0, 0.1) is 5.92 Å². The molecule has 15 heavy (non-hydrogen) atoms. The van der Waals surface area contributed by atoms with Gasteiger partial charge in [0, 0.05) is 0 Å². The third-order valence-electron chi connectivity index (χ3n) is 2.27. The van der Waals surface area contributed by atoms with Crippen LogP contribution in [0.25, 0.3) is 0 Å². The molecule has 0 aliphatic heterocycles. The maximum absolute atomic E-state index is 11.4. The summed E-state index contributed by atoms with van der Waals surface area (Å²) in [6.07, 6.45) is 0.827. The molecular weight excluding hydrogens is 196 g/mol. The minimum Gasteiger partial charge on any atom is -0.465 e. The normalized spacial score (nSPS) is 14.1. The quantitative estimate of drug-likeness (QED) is 0.614. The molecule has 88 valence electrons. The molecule has 0 aromatic rings. The van der Waals surface area contributed by atoms with E-state index >= 15 is 0 Å². The second-order valence-corrected chi connectivity index (χ2v) is 3.43. The maximum atomic E-state index is 11.4. The van der Waals surface area contributed by atoms with Crippen LogP contribution >= 0.6 is 0 Å². The summed E-state index contributed by atoms with van der Waals surface area (Å²) in [6.45, 7) is 5.77. The number of nitrogens with one attached hydrogen (secondary N) is 1. The van der Waals surface area contributed by atoms with Crippen molar-refractivity contribution in [2.45, 2.75) is 33.2 Å². The number of amides is 1. The van der Waals surface area contributed by atoms with Crippen molar-refractivity contribution in [2.75, 3.05) is 13.2 Å². The molecule has 0 heterocycles. The predicted molar refractivity (Wildman–Crippen MR) is 57.1 cm³/mol. The topological polar surface area (TPSA) is 81.4 Å². The molecule has 0 radical (unpaired) electrons. The first kappa shape index (κ1) is 13.9. The van der Waals surface area contributed by atoms with Gasteiger partial charge in [-0.05, 0) is 12.8 Å². The average molecular weight is 216 g/mol. The molecule has 0 aromatic heterocycles. The minimum absolute atomic E-state index is 0.104. The molecule has 0 aliphatic carbocycles. The highest BCUT2D eigenvalue weighted by Gasteiger charge is 2.19. The number of carbonyl (C=O) groups is 2. The summed E-state index contributed by atoms with van der Waals surface area (Å²) in [4.78, 5) is 22.3. The third kappa shape index (κ3) is 5.37. The van der Waals surface area contributed by atoms with Gasteiger partial charge >= 0.3 is 5.97 Å². The van der Waals surface area contributed by atoms with Crippen molar-refractivity contribution in [1.29, 1.82) is 0 Å². The fraction of sp³-hybridized carbons (Fsp3) is 0.800. The van der Waals surface area contributed by atoms with Gasteiger partial charge in [-0.1, -0.05) is 20.3 Å². The minimum atomic E-state index is -0.565. The van der Waals surface area contributed by atoms with Gasteiger partial charge in [0.2, 0.25) is 5.91 Å². The molecular formula is C10H20N2O3. The standard InChI is InChI=1S/C10H20N2O3/c1-4-7(3)9(11)10(14)12-6-8(13)15-5-2/h7,9H,4-6,11H2,1-3H3,(H,12,14). The van der Waals surface area contributed by atoms with Crippen LogP contribution in [0.3, 0.4) is 0 Å². The summed E-state index contributed by atoms with van der Waals surface area (Å²) < 4.78 is 4.66. The molecule has 0 saturated heterocycles. The van der Waals surface area contributed by atoms with Crippen LogP contribution in [0.1, 0.15) is 27.2 Å². The van der Waals surface area contributed by atoms with E-state index in [0.717, 1.165) is 6.42 Å². The van der Waals surface area contributed by atoms with Crippen molar-refractivity contribution >= 4 is 11.9 Å². The summed E-state index contributed by atoms with van der Waals surface area (Å²) >= 11 is 0. The van der Waals surface area contributed by atoms with E-state index in [9.17, 15) is 9.59 Å². The van der Waals surface area contributed by atoms with Crippen molar-refractivity contribution in [2.24, 2.45) is 11.7 Å². The van der Waals surface area contributed by atoms with Gasteiger partial charge in [-0.15, -0.1) is 0 Å². The summed E-state index contributed by atoms with van der Waals surface area (Å²) in [6, 6.07) is -0.565. The molecule has 0 saturated carbocycles. The van der Waals surface area contributed by atoms with E-state index in [0.29, 0.717) is 6.61 Å². The third-order valence-corrected chi connectivity index (χ3v) is 2.27. The van der Waals surface area contributed by atoms with Crippen LogP contribution in [-0.4, -0.2) is 31.1 Å². The Labute approximate surface area is 90.4 Å². The van der Waals surface area contributed by atoms with Gasteiger partial charge in [0.25, 0.3) is 0 Å². The molecule has 0 fully saturated rings. The van der Waals surface area contributed by atoms with E-state index in [-0.39, 0.29) is 18.4 Å². The zero-order valence-electron chi connectivity index (χ0n) is 9.58. The van der Waals surface area contributed by atoms with Crippen LogP contribution in [-0.2, 0) is 14.3 Å². The summed E-state index contributed by atoms with van der Waals surface area (Å²) in [5.41, 5.74) is 5.67. The Kier molecular flexibility index (Phi) is 6.70. The number of carbonyl (C=O) groups excluding carboxylic acids is 2. The maximum Gasteiger partial charge on any atom is 0.325 e. The van der Waals surface area contributed by atoms with E-state index in [1.165, 1.54) is 0 Å². The molecule has 3 N–H and O–H groups in total. The fourth-order valence-corrected chi connectivity index (χ4v) is 1.00. The largest absolute Gasteiger partial charge is 0.465 e. The van der Waals surface area contributed by atoms with Gasteiger partial charge < -0.3 is 15.8 Å². The fourth-order valence-electron chi connectivity index (χ4n) is 1.00. The van der Waals surface area contributed by atoms with Crippen molar-refractivity contribution in [3.8, 4) is 0 Å². The Balaban J connectivity index is 3.88. The number of ether oxygens (including phenoxy) is 1. The first-order valence-corrected chi connectivity index (χ1v) is 5.21. The molecule has 5 nitrogen and oxygen atoms in total. The smallest absolute Gasteiger partial charge is 0.325 e. The first-order chi connectivity index (χ1) is 7.02. The monoisotopic (exact) mass is 216 g/mol. The van der Waals surface area contributed by atoms with Gasteiger partial charge in [0.1, 0.15) is 6.54 Å². The van der Waals surface area contributed by atoms with Crippen LogP contribution in [0.5, 0.6) is 0 Å². The van der Waals surface area contributed by atoms with Crippen LogP contribution in [0.4, 0.5) is 0 Å². The van der Waals surface area contributed by atoms with Crippen molar-refractivity contribution < 1.29 is 14.3 Å². The van der Waals surface area contributed by atoms with Crippen molar-refractivity contribution in [3.05, 3.63) is 0 Å². The van der Waals surface area contributed by atoms with Gasteiger partial charge in [-0.2, -0.15) is 0 Å². The molecule has 2 unspecified atom stereocenters. The van der Waals surface area contributed by atoms with E-state index < -0.39 is 12.0 Å². The average Bonchev–Trinajstić information content (AvgIpc) is 2.24. The molecule has 0 bridgehead atoms. The Morgan fingerprint density at radius 1 is 1.40 bits per heavy atom. The van der Waals surface area contributed by atoms with Crippen LogP contribution < -0.4 is 11.1 Å². The highest BCUT2D eigenvalue weighted by Crippen LogP contribution is 2.04. The van der Waals surface area contributed by atoms with Gasteiger partial charge in [-0.25, -0.2) is 0 Å². The van der Waals surface area contributed by atoms with Gasteiger partial charge in [-0.3, -0.25) is 9.59 Å². The van der Waals surface area contributed by atoms with E-state index in [4.69, 9.17) is 5.73 Å². The zero-order chi connectivity index (χ0) is 11.8. The molecule has 0 aromatic carbocycles. The lowest BCUT2D eigenvalue weighted by Crippen LogP contribution is -2.46. The van der Waals surface area contributed by atoms with Crippen LogP contribution in [0.15, 0.2) is 0 Å². The highest BCUT2D eigenvalue weighted by molar-refractivity contribution is 5.85. The van der Waals surface area contributed by atoms with Gasteiger partial charge in [0.15, 0.2) is 0 Å². The molecule has 2 atom stereocenters. The molecule has 0 rings (SSSR count). The summed E-state index contributed by atoms with van der Waals surface area (Å²) in [5.74, 6) is -0.646. The lowest BCUT2D eigenvalue weighted by Gasteiger charge is -2.17. The zero-order valence-corrected chi connectivity index (χ0v) is 9.58. The number of rotatable bonds is 6. The Bertz CT molecular complexity index is 219. The first-order valence-electron chi connectivity index (χ1n) is 5.21. The second kappa shape index (κ2) is 7.23. The molecule has 0 spiro atoms. The number of hydrogen-bond donors (Lipinski definition) is 2. The Morgan fingerprint density at radius 2 is 2.00 bits per heavy atom. The molecule has 0 aliphatic rings. The second-order valence-electron chi connectivity index (χ2n) is 3.43. The number of hydrogen-bond acceptors (Lipinski definition) is 4. The number of nitrogens with two attached hydrogens (primary N) is 1. The van der Waals surface area contributed by atoms with E-state index in [1.54, 1.807) is 6.92 Å². The highest BCUT2D eigenvalue weighted by atomic mass is 16.5. The SMILES string of the molecule is CCOC(=O)CNC(=O)C(N)C(C)CC. The van der Waals surface area contributed by atoms with Crippen molar-refractivity contribution in [1.82, 2.24) is 5.32 Å². The lowest BCUT2D eigenvalue weighted by atomic mass is 9.99. The van der Waals surface area contributed by atoms with E-state index in [1.807, 2.05) is 13.8 Å². The van der Waals surface area contributed by atoms with E-state index in [2.05, 4.69) is 10.1 Å². The predicted octanol–water partition coefficient (Wildman–Crippen LogP) is 0.0391. The summed E-state index contributed by atoms with van der Waals surface area (Å²) in [7, 11) is 0.